The Labute approximate surface area is 194 Å². The zero-order valence-corrected chi connectivity index (χ0v) is 19.3. The predicted molar refractivity (Wildman–Crippen MR) is 127 cm³/mol. The van der Waals surface area contributed by atoms with Gasteiger partial charge in [0.25, 0.3) is 5.91 Å². The van der Waals surface area contributed by atoms with Crippen molar-refractivity contribution in [1.29, 1.82) is 0 Å². The molecule has 2 aromatic carbocycles. The zero-order valence-electron chi connectivity index (χ0n) is 17.7. The number of aromatic nitrogens is 1. The van der Waals surface area contributed by atoms with Gasteiger partial charge in [-0.05, 0) is 50.2 Å². The van der Waals surface area contributed by atoms with Crippen molar-refractivity contribution in [2.75, 3.05) is 23.0 Å². The number of benzene rings is 2. The van der Waals surface area contributed by atoms with Gasteiger partial charge in [0.05, 0.1) is 24.5 Å². The van der Waals surface area contributed by atoms with Gasteiger partial charge in [-0.25, -0.2) is 4.98 Å². The van der Waals surface area contributed by atoms with Crippen LogP contribution in [0.2, 0.25) is 0 Å². The Balaban J connectivity index is 1.45. The standard InChI is InChI=1S/C23H23N3O4S2/c1-3-30-21(28)12-18-13-32-23(25-18)26-20(27)14-31-19-10-8-17(9-11-19)24-22(29)16-6-4-15(2)5-7-16/h4-11,13H,3,12,14H2,1-2H3,(H,24,29)(H,25,26,27). The highest BCUT2D eigenvalue weighted by molar-refractivity contribution is 8.00. The van der Waals surface area contributed by atoms with Crippen molar-refractivity contribution in [1.82, 2.24) is 4.98 Å². The third-order valence-corrected chi connectivity index (χ3v) is 6.04. The molecule has 0 unspecified atom stereocenters. The number of hydrogen-bond acceptors (Lipinski definition) is 7. The van der Waals surface area contributed by atoms with E-state index in [1.54, 1.807) is 36.6 Å². The molecule has 9 heteroatoms. The van der Waals surface area contributed by atoms with Crippen molar-refractivity contribution in [3.63, 3.8) is 0 Å². The number of anilines is 2. The van der Waals surface area contributed by atoms with Crippen LogP contribution >= 0.6 is 23.1 Å². The van der Waals surface area contributed by atoms with Crippen molar-refractivity contribution in [3.05, 3.63) is 70.7 Å². The third-order valence-electron chi connectivity index (χ3n) is 4.22. The number of ether oxygens (including phenoxy) is 1. The first kappa shape index (κ1) is 23.5. The zero-order chi connectivity index (χ0) is 22.9. The van der Waals surface area contributed by atoms with Gasteiger partial charge in [0.15, 0.2) is 5.13 Å². The Morgan fingerprint density at radius 2 is 1.75 bits per heavy atom. The first-order valence-electron chi connectivity index (χ1n) is 9.93. The molecule has 0 aliphatic rings. The van der Waals surface area contributed by atoms with Crippen LogP contribution in [0.15, 0.2) is 58.8 Å². The van der Waals surface area contributed by atoms with Crippen LogP contribution in [0.3, 0.4) is 0 Å². The molecule has 3 aromatic rings. The van der Waals surface area contributed by atoms with E-state index in [9.17, 15) is 14.4 Å². The Bertz CT molecular complexity index is 1080. The monoisotopic (exact) mass is 469 g/mol. The summed E-state index contributed by atoms with van der Waals surface area (Å²) >= 11 is 2.64. The van der Waals surface area contributed by atoms with Crippen LogP contribution in [0.1, 0.15) is 28.5 Å². The molecule has 0 spiro atoms. The Hall–Kier alpha value is -3.17. The summed E-state index contributed by atoms with van der Waals surface area (Å²) in [6.45, 7) is 4.04. The molecular formula is C23H23N3O4S2. The summed E-state index contributed by atoms with van der Waals surface area (Å²) in [6.07, 6.45) is 0.0851. The number of aryl methyl sites for hydroxylation is 1. The molecule has 0 aliphatic heterocycles. The molecule has 166 valence electrons. The normalized spacial score (nSPS) is 10.4. The van der Waals surface area contributed by atoms with Crippen molar-refractivity contribution < 1.29 is 19.1 Å². The average molecular weight is 470 g/mol. The minimum absolute atomic E-state index is 0.0851. The van der Waals surface area contributed by atoms with Crippen LogP contribution in [-0.4, -0.2) is 35.1 Å². The van der Waals surface area contributed by atoms with Gasteiger partial charge < -0.3 is 15.4 Å². The molecule has 1 aromatic heterocycles. The minimum Gasteiger partial charge on any atom is -0.466 e. The topological polar surface area (TPSA) is 97.4 Å². The molecule has 0 bridgehead atoms. The Morgan fingerprint density at radius 3 is 2.44 bits per heavy atom. The largest absolute Gasteiger partial charge is 0.466 e. The summed E-state index contributed by atoms with van der Waals surface area (Å²) in [4.78, 5) is 41.1. The summed E-state index contributed by atoms with van der Waals surface area (Å²) in [7, 11) is 0. The van der Waals surface area contributed by atoms with Gasteiger partial charge in [0.2, 0.25) is 5.91 Å². The smallest absolute Gasteiger partial charge is 0.311 e. The number of rotatable bonds is 9. The second kappa shape index (κ2) is 11.4. The van der Waals surface area contributed by atoms with Crippen molar-refractivity contribution in [2.45, 2.75) is 25.2 Å². The molecule has 2 N–H and O–H groups in total. The number of thioether (sulfide) groups is 1. The highest BCUT2D eigenvalue weighted by Crippen LogP contribution is 2.22. The molecule has 0 saturated heterocycles. The number of carbonyl (C=O) groups excluding carboxylic acids is 3. The van der Waals surface area contributed by atoms with Crippen LogP contribution < -0.4 is 10.6 Å². The number of carbonyl (C=O) groups is 3. The maximum atomic E-state index is 12.3. The lowest BCUT2D eigenvalue weighted by molar-refractivity contribution is -0.142. The van der Waals surface area contributed by atoms with Crippen LogP contribution in [0.4, 0.5) is 10.8 Å². The predicted octanol–water partition coefficient (Wildman–Crippen LogP) is 4.54. The fraction of sp³-hybridized carbons (Fsp3) is 0.217. The fourth-order valence-corrected chi connectivity index (χ4v) is 4.08. The van der Waals surface area contributed by atoms with Crippen molar-refractivity contribution >= 4 is 51.7 Å². The van der Waals surface area contributed by atoms with E-state index < -0.39 is 0 Å². The van der Waals surface area contributed by atoms with Crippen molar-refractivity contribution in [2.24, 2.45) is 0 Å². The average Bonchev–Trinajstić information content (AvgIpc) is 3.20. The van der Waals surface area contributed by atoms with Gasteiger partial charge in [-0.3, -0.25) is 14.4 Å². The first-order valence-corrected chi connectivity index (χ1v) is 11.8. The highest BCUT2D eigenvalue weighted by atomic mass is 32.2. The number of nitrogens with one attached hydrogen (secondary N) is 2. The summed E-state index contributed by atoms with van der Waals surface area (Å²) in [6, 6.07) is 14.7. The second-order valence-electron chi connectivity index (χ2n) is 6.81. The van der Waals surface area contributed by atoms with Crippen molar-refractivity contribution in [3.8, 4) is 0 Å². The first-order chi connectivity index (χ1) is 15.4. The van der Waals surface area contributed by atoms with Crippen LogP contribution in [0, 0.1) is 6.92 Å². The minimum atomic E-state index is -0.343. The molecule has 0 atom stereocenters. The van der Waals surface area contributed by atoms with Crippen LogP contribution in [0.5, 0.6) is 0 Å². The molecule has 7 nitrogen and oxygen atoms in total. The van der Waals surface area contributed by atoms with E-state index in [2.05, 4.69) is 15.6 Å². The van der Waals surface area contributed by atoms with Gasteiger partial charge in [0, 0.05) is 21.5 Å². The fourth-order valence-electron chi connectivity index (χ4n) is 2.65. The SMILES string of the molecule is CCOC(=O)Cc1csc(NC(=O)CSc2ccc(NC(=O)c3ccc(C)cc3)cc2)n1. The van der Waals surface area contributed by atoms with Gasteiger partial charge in [-0.2, -0.15) is 0 Å². The molecule has 0 aliphatic carbocycles. The summed E-state index contributed by atoms with van der Waals surface area (Å²) in [5, 5.41) is 7.77. The Kier molecular flexibility index (Phi) is 8.41. The molecule has 0 radical (unpaired) electrons. The summed E-state index contributed by atoms with van der Waals surface area (Å²) < 4.78 is 4.89. The van der Waals surface area contributed by atoms with E-state index in [1.807, 2.05) is 31.2 Å². The number of hydrogen-bond donors (Lipinski definition) is 2. The van der Waals surface area contributed by atoms with E-state index in [0.717, 1.165) is 10.5 Å². The van der Waals surface area contributed by atoms with E-state index in [0.29, 0.717) is 28.7 Å². The number of thiazole rings is 1. The molecule has 2 amide bonds. The molecule has 0 saturated carbocycles. The van der Waals surface area contributed by atoms with Crippen LogP contribution in [-0.2, 0) is 20.7 Å². The number of esters is 1. The lowest BCUT2D eigenvalue weighted by Gasteiger charge is -2.07. The van der Waals surface area contributed by atoms with Gasteiger partial charge >= 0.3 is 5.97 Å². The molecular weight excluding hydrogens is 446 g/mol. The third kappa shape index (κ3) is 7.21. The number of nitrogens with zero attached hydrogens (tertiary/aromatic N) is 1. The number of amides is 2. The summed E-state index contributed by atoms with van der Waals surface area (Å²) in [5.74, 6) is -0.494. The maximum Gasteiger partial charge on any atom is 0.311 e. The molecule has 1 heterocycles. The van der Waals surface area contributed by atoms with E-state index in [4.69, 9.17) is 4.74 Å². The van der Waals surface area contributed by atoms with E-state index >= 15 is 0 Å². The molecule has 32 heavy (non-hydrogen) atoms. The summed E-state index contributed by atoms with van der Waals surface area (Å²) in [5.41, 5.74) is 2.94. The van der Waals surface area contributed by atoms with E-state index in [-0.39, 0.29) is 30.0 Å². The highest BCUT2D eigenvalue weighted by Gasteiger charge is 2.11. The van der Waals surface area contributed by atoms with E-state index in [1.165, 1.54) is 23.1 Å². The van der Waals surface area contributed by atoms with Gasteiger partial charge in [0.1, 0.15) is 0 Å². The van der Waals surface area contributed by atoms with Crippen LogP contribution in [0.25, 0.3) is 0 Å². The molecule has 3 rings (SSSR count). The lowest BCUT2D eigenvalue weighted by Crippen LogP contribution is -2.14. The maximum absolute atomic E-state index is 12.3. The quantitative estimate of drug-likeness (QED) is 0.353. The van der Waals surface area contributed by atoms with Gasteiger partial charge in [-0.15, -0.1) is 23.1 Å². The van der Waals surface area contributed by atoms with Gasteiger partial charge in [-0.1, -0.05) is 17.7 Å². The molecule has 0 fully saturated rings. The second-order valence-corrected chi connectivity index (χ2v) is 8.71. The lowest BCUT2D eigenvalue weighted by atomic mass is 10.1. The Morgan fingerprint density at radius 1 is 1.03 bits per heavy atom.